The Morgan fingerprint density at radius 3 is 2.64 bits per heavy atom. The van der Waals surface area contributed by atoms with Crippen LogP contribution in [-0.2, 0) is 0 Å². The van der Waals surface area contributed by atoms with Gasteiger partial charge < -0.3 is 9.32 Å². The molecule has 0 saturated heterocycles. The normalized spacial score (nSPS) is 16.9. The van der Waals surface area contributed by atoms with Crippen molar-refractivity contribution in [1.29, 1.82) is 0 Å². The molecule has 11 heavy (non-hydrogen) atoms. The number of nitrogens with zero attached hydrogens (tertiary/aromatic N) is 1. The van der Waals surface area contributed by atoms with E-state index in [4.69, 9.17) is 4.42 Å². The number of rotatable bonds is 2. The van der Waals surface area contributed by atoms with E-state index in [9.17, 15) is 0 Å². The fraction of sp³-hybridized carbons (Fsp3) is 0.556. The van der Waals surface area contributed by atoms with Gasteiger partial charge in [-0.2, -0.15) is 0 Å². The van der Waals surface area contributed by atoms with E-state index in [1.54, 1.807) is 0 Å². The molecular formula is C9H13NO. The van der Waals surface area contributed by atoms with Gasteiger partial charge in [-0.3, -0.25) is 0 Å². The molecule has 0 unspecified atom stereocenters. The van der Waals surface area contributed by atoms with E-state index in [0.29, 0.717) is 0 Å². The van der Waals surface area contributed by atoms with Gasteiger partial charge in [-0.25, -0.2) is 0 Å². The number of aryl methyl sites for hydroxylation is 1. The summed E-state index contributed by atoms with van der Waals surface area (Å²) in [6.07, 6.45) is 2.63. The summed E-state index contributed by atoms with van der Waals surface area (Å²) in [6.45, 7) is 1.98. The highest BCUT2D eigenvalue weighted by Crippen LogP contribution is 2.30. The minimum atomic E-state index is 0.737. The van der Waals surface area contributed by atoms with Crippen molar-refractivity contribution in [2.24, 2.45) is 0 Å². The summed E-state index contributed by atoms with van der Waals surface area (Å²) in [6, 6.07) is 4.78. The van der Waals surface area contributed by atoms with Crippen molar-refractivity contribution in [1.82, 2.24) is 0 Å². The molecule has 0 aromatic carbocycles. The van der Waals surface area contributed by atoms with Crippen LogP contribution in [0.15, 0.2) is 16.5 Å². The number of furan rings is 1. The van der Waals surface area contributed by atoms with E-state index in [1.165, 1.54) is 12.8 Å². The van der Waals surface area contributed by atoms with Crippen molar-refractivity contribution in [3.8, 4) is 0 Å². The summed E-state index contributed by atoms with van der Waals surface area (Å²) in [4.78, 5) is 2.22. The van der Waals surface area contributed by atoms with Crippen LogP contribution in [0.4, 0.5) is 5.88 Å². The maximum Gasteiger partial charge on any atom is 0.195 e. The first-order chi connectivity index (χ1) is 5.27. The summed E-state index contributed by atoms with van der Waals surface area (Å²) in [5.41, 5.74) is 0. The molecule has 1 heterocycles. The molecule has 0 N–H and O–H groups in total. The SMILES string of the molecule is Cc1ccc(N(C)C2CC2)o1. The molecule has 0 atom stereocenters. The van der Waals surface area contributed by atoms with Crippen LogP contribution in [0.3, 0.4) is 0 Å². The van der Waals surface area contributed by atoms with Crippen molar-refractivity contribution >= 4 is 5.88 Å². The third kappa shape index (κ3) is 1.25. The molecule has 0 amide bonds. The summed E-state index contributed by atoms with van der Waals surface area (Å²) in [7, 11) is 2.09. The molecule has 2 nitrogen and oxygen atoms in total. The lowest BCUT2D eigenvalue weighted by atomic mass is 10.5. The standard InChI is InChI=1S/C9H13NO/c1-7-3-6-9(11-7)10(2)8-4-5-8/h3,6,8H,4-5H2,1-2H3. The molecule has 1 saturated carbocycles. The van der Waals surface area contributed by atoms with Gasteiger partial charge in [-0.05, 0) is 25.8 Å². The third-order valence-electron chi connectivity index (χ3n) is 2.17. The minimum absolute atomic E-state index is 0.737. The summed E-state index contributed by atoms with van der Waals surface area (Å²) < 4.78 is 5.47. The highest BCUT2D eigenvalue weighted by Gasteiger charge is 2.27. The second-order valence-corrected chi connectivity index (χ2v) is 3.23. The van der Waals surface area contributed by atoms with Crippen LogP contribution in [0.1, 0.15) is 18.6 Å². The topological polar surface area (TPSA) is 16.4 Å². The maximum absolute atomic E-state index is 5.47. The third-order valence-corrected chi connectivity index (χ3v) is 2.17. The molecule has 1 aliphatic carbocycles. The van der Waals surface area contributed by atoms with Crippen molar-refractivity contribution in [2.45, 2.75) is 25.8 Å². The molecule has 1 aromatic heterocycles. The second kappa shape index (κ2) is 2.29. The Morgan fingerprint density at radius 1 is 1.45 bits per heavy atom. The van der Waals surface area contributed by atoms with Gasteiger partial charge in [0.1, 0.15) is 5.76 Å². The van der Waals surface area contributed by atoms with Gasteiger partial charge in [-0.1, -0.05) is 0 Å². The fourth-order valence-electron chi connectivity index (χ4n) is 1.25. The fourth-order valence-corrected chi connectivity index (χ4v) is 1.25. The molecule has 2 heteroatoms. The van der Waals surface area contributed by atoms with Crippen LogP contribution in [0.5, 0.6) is 0 Å². The van der Waals surface area contributed by atoms with Crippen molar-refractivity contribution in [3.05, 3.63) is 17.9 Å². The second-order valence-electron chi connectivity index (χ2n) is 3.23. The Hall–Kier alpha value is -0.920. The smallest absolute Gasteiger partial charge is 0.195 e. The first kappa shape index (κ1) is 6.77. The Kier molecular flexibility index (Phi) is 1.41. The van der Waals surface area contributed by atoms with Crippen LogP contribution in [0, 0.1) is 6.92 Å². The van der Waals surface area contributed by atoms with Crippen molar-refractivity contribution < 1.29 is 4.42 Å². The Morgan fingerprint density at radius 2 is 2.18 bits per heavy atom. The molecular weight excluding hydrogens is 138 g/mol. The van der Waals surface area contributed by atoms with Gasteiger partial charge in [0.2, 0.25) is 0 Å². The van der Waals surface area contributed by atoms with Crippen molar-refractivity contribution in [2.75, 3.05) is 11.9 Å². The molecule has 60 valence electrons. The number of hydrogen-bond donors (Lipinski definition) is 0. The highest BCUT2D eigenvalue weighted by molar-refractivity contribution is 5.38. The van der Waals surface area contributed by atoms with Crippen LogP contribution in [-0.4, -0.2) is 13.1 Å². The summed E-state index contributed by atoms with van der Waals surface area (Å²) in [5, 5.41) is 0. The highest BCUT2D eigenvalue weighted by atomic mass is 16.4. The van der Waals surface area contributed by atoms with Gasteiger partial charge >= 0.3 is 0 Å². The number of anilines is 1. The molecule has 0 spiro atoms. The molecule has 2 rings (SSSR count). The molecule has 1 fully saturated rings. The zero-order chi connectivity index (χ0) is 7.84. The van der Waals surface area contributed by atoms with Gasteiger partial charge in [-0.15, -0.1) is 0 Å². The van der Waals surface area contributed by atoms with Gasteiger partial charge in [0.05, 0.1) is 0 Å². The predicted molar refractivity (Wildman–Crippen MR) is 44.9 cm³/mol. The van der Waals surface area contributed by atoms with E-state index in [0.717, 1.165) is 17.7 Å². The maximum atomic E-state index is 5.47. The Labute approximate surface area is 66.8 Å². The van der Waals surface area contributed by atoms with Gasteiger partial charge in [0.25, 0.3) is 0 Å². The van der Waals surface area contributed by atoms with Gasteiger partial charge in [0.15, 0.2) is 5.88 Å². The largest absolute Gasteiger partial charge is 0.446 e. The lowest BCUT2D eigenvalue weighted by Gasteiger charge is -2.13. The molecule has 1 aromatic rings. The number of hydrogen-bond acceptors (Lipinski definition) is 2. The molecule has 1 aliphatic rings. The van der Waals surface area contributed by atoms with Crippen LogP contribution >= 0.6 is 0 Å². The Bertz CT molecular complexity index is 250. The lowest BCUT2D eigenvalue weighted by molar-refractivity contribution is 0.525. The minimum Gasteiger partial charge on any atom is -0.446 e. The van der Waals surface area contributed by atoms with Crippen LogP contribution < -0.4 is 4.90 Å². The van der Waals surface area contributed by atoms with E-state index >= 15 is 0 Å². The van der Waals surface area contributed by atoms with E-state index in [-0.39, 0.29) is 0 Å². The summed E-state index contributed by atoms with van der Waals surface area (Å²) in [5.74, 6) is 2.00. The zero-order valence-electron chi connectivity index (χ0n) is 7.00. The predicted octanol–water partition coefficient (Wildman–Crippen LogP) is 2.19. The van der Waals surface area contributed by atoms with Gasteiger partial charge in [0, 0.05) is 19.2 Å². The van der Waals surface area contributed by atoms with Crippen LogP contribution in [0.2, 0.25) is 0 Å². The monoisotopic (exact) mass is 151 g/mol. The average molecular weight is 151 g/mol. The van der Waals surface area contributed by atoms with Crippen molar-refractivity contribution in [3.63, 3.8) is 0 Å². The van der Waals surface area contributed by atoms with E-state index in [1.807, 2.05) is 19.1 Å². The van der Waals surface area contributed by atoms with E-state index in [2.05, 4.69) is 11.9 Å². The molecule has 0 radical (unpaired) electrons. The first-order valence-corrected chi connectivity index (χ1v) is 4.06. The summed E-state index contributed by atoms with van der Waals surface area (Å²) >= 11 is 0. The first-order valence-electron chi connectivity index (χ1n) is 4.06. The quantitative estimate of drug-likeness (QED) is 0.644. The molecule has 0 bridgehead atoms. The van der Waals surface area contributed by atoms with Crippen LogP contribution in [0.25, 0.3) is 0 Å². The van der Waals surface area contributed by atoms with E-state index < -0.39 is 0 Å². The lowest BCUT2D eigenvalue weighted by Crippen LogP contribution is -2.18. The average Bonchev–Trinajstić information content (AvgIpc) is 2.74. The molecule has 0 aliphatic heterocycles. The zero-order valence-corrected chi connectivity index (χ0v) is 7.00. The Balaban J connectivity index is 2.14.